The average Bonchev–Trinajstić information content (AvgIpc) is 3.22. The summed E-state index contributed by atoms with van der Waals surface area (Å²) in [5.74, 6) is -1.38. The van der Waals surface area contributed by atoms with E-state index in [0.29, 0.717) is 47.2 Å². The number of amides is 1. The number of hydrogen-bond donors (Lipinski definition) is 2. The van der Waals surface area contributed by atoms with Crippen molar-refractivity contribution in [2.75, 3.05) is 20.1 Å². The standard InChI is InChI=1S/C33H35Cl2F2N3O4/c1-3-32(43,31(37)10-12-39(2)13-11-31)21-14-27-29(28(36)15-21)33(44-26-16-25(41)17-26,20-4-6-22(34)7-5-20)40(30(27)42)19-24-9-8-23(35)18-38-24/h4-9,14-15,18,25-26,41,43H,3,10-13,16-17,19H2,1-2H3/t25?,26?,32?,33-/m1/s1. The number of aliphatic hydroxyl groups excluding tert-OH is 1. The molecule has 1 unspecified atom stereocenters. The van der Waals surface area contributed by atoms with Crippen molar-refractivity contribution in [3.63, 3.8) is 0 Å². The van der Waals surface area contributed by atoms with E-state index in [9.17, 15) is 15.0 Å². The molecule has 2 N–H and O–H groups in total. The number of rotatable bonds is 8. The van der Waals surface area contributed by atoms with Crippen LogP contribution in [0.25, 0.3) is 0 Å². The van der Waals surface area contributed by atoms with E-state index in [1.165, 1.54) is 17.2 Å². The van der Waals surface area contributed by atoms with E-state index in [1.807, 2.05) is 11.9 Å². The molecule has 2 aliphatic heterocycles. The summed E-state index contributed by atoms with van der Waals surface area (Å²) in [5, 5.41) is 22.9. The topological polar surface area (TPSA) is 86.1 Å². The molecule has 1 saturated heterocycles. The number of nitrogens with zero attached hydrogens (tertiary/aromatic N) is 3. The molecular formula is C33H35Cl2F2N3O4. The van der Waals surface area contributed by atoms with Gasteiger partial charge in [-0.3, -0.25) is 14.7 Å². The van der Waals surface area contributed by atoms with Crippen LogP contribution >= 0.6 is 23.2 Å². The summed E-state index contributed by atoms with van der Waals surface area (Å²) in [7, 11) is 1.89. The van der Waals surface area contributed by atoms with Gasteiger partial charge in [0.2, 0.25) is 5.72 Å². The maximum Gasteiger partial charge on any atom is 0.257 e. The highest BCUT2D eigenvalue weighted by molar-refractivity contribution is 6.30. The van der Waals surface area contributed by atoms with Gasteiger partial charge < -0.3 is 19.8 Å². The van der Waals surface area contributed by atoms with Crippen molar-refractivity contribution in [1.82, 2.24) is 14.8 Å². The van der Waals surface area contributed by atoms with Gasteiger partial charge in [-0.15, -0.1) is 0 Å². The Hall–Kier alpha value is -2.66. The predicted molar refractivity (Wildman–Crippen MR) is 163 cm³/mol. The van der Waals surface area contributed by atoms with Crippen LogP contribution in [0.1, 0.15) is 71.8 Å². The van der Waals surface area contributed by atoms with E-state index in [-0.39, 0.29) is 42.5 Å². The molecule has 1 amide bonds. The number of aromatic nitrogens is 1. The molecule has 0 radical (unpaired) electrons. The van der Waals surface area contributed by atoms with Crippen LogP contribution in [0.2, 0.25) is 10.0 Å². The van der Waals surface area contributed by atoms with Gasteiger partial charge in [0.15, 0.2) is 0 Å². The zero-order chi connectivity index (χ0) is 31.4. The number of piperidine rings is 1. The summed E-state index contributed by atoms with van der Waals surface area (Å²) >= 11 is 12.3. The van der Waals surface area contributed by atoms with Gasteiger partial charge >= 0.3 is 0 Å². The SMILES string of the molecule is CCC(O)(c1cc(F)c2c(c1)C(=O)N(Cc1ccc(Cl)cn1)[C@@]2(OC1CC(O)C1)c1ccc(Cl)cc1)C1(F)CCN(C)CC1. The third-order valence-electron chi connectivity index (χ3n) is 9.55. The molecule has 3 aliphatic rings. The van der Waals surface area contributed by atoms with E-state index >= 15 is 8.78 Å². The van der Waals surface area contributed by atoms with E-state index < -0.39 is 40.9 Å². The third kappa shape index (κ3) is 5.11. The van der Waals surface area contributed by atoms with Crippen molar-refractivity contribution < 1.29 is 28.5 Å². The number of alkyl halides is 1. The average molecular weight is 647 g/mol. The molecule has 44 heavy (non-hydrogen) atoms. The van der Waals surface area contributed by atoms with Gasteiger partial charge in [0.1, 0.15) is 17.1 Å². The smallest absolute Gasteiger partial charge is 0.257 e. The van der Waals surface area contributed by atoms with Crippen LogP contribution in [-0.2, 0) is 22.6 Å². The fourth-order valence-electron chi connectivity index (χ4n) is 6.84. The number of aliphatic hydroxyl groups is 2. The molecule has 2 atom stereocenters. The molecule has 3 heterocycles. The second-order valence-electron chi connectivity index (χ2n) is 12.2. The summed E-state index contributed by atoms with van der Waals surface area (Å²) in [6.45, 7) is 2.46. The lowest BCUT2D eigenvalue weighted by Gasteiger charge is -2.46. The van der Waals surface area contributed by atoms with Gasteiger partial charge in [0, 0.05) is 29.9 Å². The maximum absolute atomic E-state index is 16.8. The molecule has 0 spiro atoms. The number of carbonyl (C=O) groups is 1. The zero-order valence-electron chi connectivity index (χ0n) is 24.6. The first-order valence-electron chi connectivity index (χ1n) is 14.9. The lowest BCUT2D eigenvalue weighted by molar-refractivity contribution is -0.191. The van der Waals surface area contributed by atoms with Crippen molar-refractivity contribution in [2.45, 2.75) is 74.8 Å². The van der Waals surface area contributed by atoms with Gasteiger partial charge in [-0.1, -0.05) is 42.3 Å². The minimum atomic E-state index is -2.03. The van der Waals surface area contributed by atoms with Crippen LogP contribution < -0.4 is 0 Å². The molecular weight excluding hydrogens is 611 g/mol. The molecule has 0 bridgehead atoms. The monoisotopic (exact) mass is 645 g/mol. The molecule has 1 aliphatic carbocycles. The summed E-state index contributed by atoms with van der Waals surface area (Å²) in [4.78, 5) is 22.2. The van der Waals surface area contributed by atoms with Gasteiger partial charge in [-0.2, -0.15) is 0 Å². The maximum atomic E-state index is 16.8. The third-order valence-corrected chi connectivity index (χ3v) is 10.0. The molecule has 2 fully saturated rings. The summed E-state index contributed by atoms with van der Waals surface area (Å²) in [5.41, 5.74) is -4.97. The highest BCUT2D eigenvalue weighted by atomic mass is 35.5. The van der Waals surface area contributed by atoms with Gasteiger partial charge in [-0.25, -0.2) is 8.78 Å². The van der Waals surface area contributed by atoms with Gasteiger partial charge in [0.05, 0.1) is 40.6 Å². The highest BCUT2D eigenvalue weighted by Gasteiger charge is 2.58. The Labute approximate surface area is 265 Å². The Morgan fingerprint density at radius 2 is 1.75 bits per heavy atom. The number of benzene rings is 2. The lowest BCUT2D eigenvalue weighted by Crippen LogP contribution is -2.54. The van der Waals surface area contributed by atoms with E-state index in [2.05, 4.69) is 4.98 Å². The van der Waals surface area contributed by atoms with Crippen LogP contribution in [-0.4, -0.2) is 68.9 Å². The number of likely N-dealkylation sites (tertiary alicyclic amines) is 1. The second-order valence-corrected chi connectivity index (χ2v) is 13.1. The first-order valence-corrected chi connectivity index (χ1v) is 15.6. The largest absolute Gasteiger partial charge is 0.393 e. The van der Waals surface area contributed by atoms with Crippen LogP contribution in [0.15, 0.2) is 54.7 Å². The molecule has 7 nitrogen and oxygen atoms in total. The Morgan fingerprint density at radius 3 is 2.34 bits per heavy atom. The number of pyridine rings is 1. The van der Waals surface area contributed by atoms with Crippen molar-refractivity contribution in [2.24, 2.45) is 0 Å². The van der Waals surface area contributed by atoms with Crippen molar-refractivity contribution in [3.05, 3.63) is 98.5 Å². The van der Waals surface area contributed by atoms with Crippen molar-refractivity contribution in [3.8, 4) is 0 Å². The van der Waals surface area contributed by atoms with Crippen molar-refractivity contribution >= 4 is 29.1 Å². The summed E-state index contributed by atoms with van der Waals surface area (Å²) in [6.07, 6.45) is 1.12. The number of hydrogen-bond acceptors (Lipinski definition) is 6. The predicted octanol–water partition coefficient (Wildman–Crippen LogP) is 5.96. The molecule has 234 valence electrons. The Bertz CT molecular complexity index is 1550. The molecule has 11 heteroatoms. The fraction of sp³-hybridized carbons (Fsp3) is 0.455. The fourth-order valence-corrected chi connectivity index (χ4v) is 7.07. The van der Waals surface area contributed by atoms with Gasteiger partial charge in [-0.05, 0) is 81.1 Å². The minimum Gasteiger partial charge on any atom is -0.393 e. The normalized spacial score (nSPS) is 26.3. The molecule has 1 aromatic heterocycles. The first-order chi connectivity index (χ1) is 20.9. The van der Waals surface area contributed by atoms with E-state index in [1.54, 1.807) is 43.3 Å². The number of halogens is 4. The van der Waals surface area contributed by atoms with Crippen LogP contribution in [0.5, 0.6) is 0 Å². The molecule has 6 rings (SSSR count). The Morgan fingerprint density at radius 1 is 1.09 bits per heavy atom. The quantitative estimate of drug-likeness (QED) is 0.315. The molecule has 2 aromatic carbocycles. The van der Waals surface area contributed by atoms with E-state index in [0.717, 1.165) is 6.07 Å². The lowest BCUT2D eigenvalue weighted by atomic mass is 9.71. The summed E-state index contributed by atoms with van der Waals surface area (Å²) in [6, 6.07) is 12.5. The van der Waals surface area contributed by atoms with Crippen molar-refractivity contribution in [1.29, 1.82) is 0 Å². The number of carbonyl (C=O) groups excluding carboxylic acids is 1. The van der Waals surface area contributed by atoms with E-state index in [4.69, 9.17) is 27.9 Å². The number of fused-ring (bicyclic) bond motifs is 1. The Kier molecular flexibility index (Phi) is 8.26. The minimum absolute atomic E-state index is 0.00666. The van der Waals surface area contributed by atoms with Gasteiger partial charge in [0.25, 0.3) is 5.91 Å². The summed E-state index contributed by atoms with van der Waals surface area (Å²) < 4.78 is 40.1. The Balaban J connectivity index is 1.55. The first kappa shape index (κ1) is 31.3. The molecule has 3 aromatic rings. The highest BCUT2D eigenvalue weighted by Crippen LogP contribution is 2.52. The second kappa shape index (κ2) is 11.6. The molecule has 1 saturated carbocycles. The van der Waals surface area contributed by atoms with Crippen LogP contribution in [0.4, 0.5) is 8.78 Å². The van der Waals surface area contributed by atoms with Crippen LogP contribution in [0, 0.1) is 5.82 Å². The number of ether oxygens (including phenoxy) is 1. The van der Waals surface area contributed by atoms with Crippen LogP contribution in [0.3, 0.4) is 0 Å². The zero-order valence-corrected chi connectivity index (χ0v) is 26.1.